The summed E-state index contributed by atoms with van der Waals surface area (Å²) in [6.45, 7) is 10.8. The lowest BCUT2D eigenvalue weighted by molar-refractivity contribution is 0.0685. The van der Waals surface area contributed by atoms with Crippen LogP contribution in [0.15, 0.2) is 30.3 Å². The summed E-state index contributed by atoms with van der Waals surface area (Å²) in [5.41, 5.74) is 0.291. The normalized spacial score (nSPS) is 22.6. The van der Waals surface area contributed by atoms with Gasteiger partial charge in [-0.25, -0.2) is 0 Å². The van der Waals surface area contributed by atoms with Crippen LogP contribution in [0.5, 0.6) is 5.75 Å². The molecule has 0 spiro atoms. The average Bonchev–Trinajstić information content (AvgIpc) is 2.51. The lowest BCUT2D eigenvalue weighted by atomic mass is 9.89. The van der Waals surface area contributed by atoms with Crippen molar-refractivity contribution in [3.8, 4) is 5.75 Å². The molecule has 1 atom stereocenters. The molecule has 0 radical (unpaired) electrons. The van der Waals surface area contributed by atoms with Gasteiger partial charge in [0.2, 0.25) is 0 Å². The van der Waals surface area contributed by atoms with E-state index in [4.69, 9.17) is 4.74 Å². The third-order valence-electron chi connectivity index (χ3n) is 4.65. The summed E-state index contributed by atoms with van der Waals surface area (Å²) in [6.07, 6.45) is 2.37. The van der Waals surface area contributed by atoms with Crippen LogP contribution in [-0.4, -0.2) is 42.7 Å². The number of rotatable bonds is 6. The van der Waals surface area contributed by atoms with Crippen LogP contribution in [0, 0.1) is 0 Å². The van der Waals surface area contributed by atoms with Gasteiger partial charge in [-0.15, -0.1) is 0 Å². The summed E-state index contributed by atoms with van der Waals surface area (Å²) >= 11 is 0. The molecule has 0 saturated carbocycles. The van der Waals surface area contributed by atoms with Crippen molar-refractivity contribution in [1.29, 1.82) is 0 Å². The molecule has 1 aliphatic rings. The molecule has 0 aromatic heterocycles. The van der Waals surface area contributed by atoms with E-state index < -0.39 is 0 Å². The fourth-order valence-corrected chi connectivity index (χ4v) is 2.91. The Kier molecular flexibility index (Phi) is 5.44. The number of hydrogen-bond acceptors (Lipinski definition) is 3. The maximum atomic E-state index is 5.83. The molecule has 3 nitrogen and oxygen atoms in total. The van der Waals surface area contributed by atoms with Gasteiger partial charge in [-0.05, 0) is 31.9 Å². The Morgan fingerprint density at radius 3 is 2.60 bits per heavy atom. The average molecular weight is 276 g/mol. The molecule has 0 amide bonds. The Labute approximate surface area is 123 Å². The van der Waals surface area contributed by atoms with Gasteiger partial charge in [0.05, 0.1) is 0 Å². The van der Waals surface area contributed by atoms with E-state index in [0.29, 0.717) is 11.6 Å². The van der Waals surface area contributed by atoms with Crippen molar-refractivity contribution in [2.24, 2.45) is 0 Å². The molecule has 20 heavy (non-hydrogen) atoms. The number of nitrogens with zero attached hydrogens (tertiary/aromatic N) is 1. The predicted octanol–water partition coefficient (Wildman–Crippen LogP) is 2.92. The molecule has 3 heteroatoms. The first-order chi connectivity index (χ1) is 9.69. The van der Waals surface area contributed by atoms with Crippen LogP contribution < -0.4 is 10.1 Å². The van der Waals surface area contributed by atoms with E-state index in [1.807, 2.05) is 30.3 Å². The van der Waals surface area contributed by atoms with Crippen molar-refractivity contribution >= 4 is 0 Å². The second-order valence-corrected chi connectivity index (χ2v) is 5.85. The zero-order valence-corrected chi connectivity index (χ0v) is 13.1. The molecule has 0 aliphatic carbocycles. The third kappa shape index (κ3) is 3.74. The topological polar surface area (TPSA) is 24.5 Å². The van der Waals surface area contributed by atoms with Gasteiger partial charge < -0.3 is 10.1 Å². The third-order valence-corrected chi connectivity index (χ3v) is 4.65. The summed E-state index contributed by atoms with van der Waals surface area (Å²) in [4.78, 5) is 2.56. The highest BCUT2D eigenvalue weighted by molar-refractivity contribution is 5.20. The van der Waals surface area contributed by atoms with Crippen LogP contribution in [0.3, 0.4) is 0 Å². The molecule has 2 rings (SSSR count). The molecule has 112 valence electrons. The van der Waals surface area contributed by atoms with Gasteiger partial charge in [0, 0.05) is 31.2 Å². The molecule has 1 saturated heterocycles. The van der Waals surface area contributed by atoms with Gasteiger partial charge in [-0.3, -0.25) is 4.90 Å². The monoisotopic (exact) mass is 276 g/mol. The van der Waals surface area contributed by atoms with Crippen LogP contribution >= 0.6 is 0 Å². The largest absolute Gasteiger partial charge is 0.492 e. The molecule has 1 heterocycles. The molecule has 1 aliphatic heterocycles. The van der Waals surface area contributed by atoms with E-state index in [-0.39, 0.29) is 0 Å². The summed E-state index contributed by atoms with van der Waals surface area (Å²) in [7, 11) is 0. The highest BCUT2D eigenvalue weighted by Gasteiger charge is 2.34. The fourth-order valence-electron chi connectivity index (χ4n) is 2.91. The Morgan fingerprint density at radius 2 is 1.95 bits per heavy atom. The summed E-state index contributed by atoms with van der Waals surface area (Å²) < 4.78 is 5.83. The second kappa shape index (κ2) is 7.09. The van der Waals surface area contributed by atoms with E-state index >= 15 is 0 Å². The number of piperazine rings is 1. The Balaban J connectivity index is 1.84. The first-order valence-corrected chi connectivity index (χ1v) is 7.86. The van der Waals surface area contributed by atoms with Crippen LogP contribution in [0.2, 0.25) is 0 Å². The maximum Gasteiger partial charge on any atom is 0.119 e. The standard InChI is InChI=1S/C17H28N2O/c1-4-17(5-2)14-19(15(3)13-18-17)11-12-20-16-9-7-6-8-10-16/h6-10,15,18H,4-5,11-14H2,1-3H3. The molecule has 1 unspecified atom stereocenters. The Bertz CT molecular complexity index is 389. The van der Waals surface area contributed by atoms with Gasteiger partial charge in [-0.2, -0.15) is 0 Å². The van der Waals surface area contributed by atoms with Crippen molar-refractivity contribution in [2.45, 2.75) is 45.2 Å². The minimum Gasteiger partial charge on any atom is -0.492 e. The lowest BCUT2D eigenvalue weighted by Gasteiger charge is -2.46. The highest BCUT2D eigenvalue weighted by Crippen LogP contribution is 2.22. The number of benzene rings is 1. The van der Waals surface area contributed by atoms with Crippen LogP contribution in [0.25, 0.3) is 0 Å². The van der Waals surface area contributed by atoms with Crippen molar-refractivity contribution in [3.05, 3.63) is 30.3 Å². The fraction of sp³-hybridized carbons (Fsp3) is 0.647. The van der Waals surface area contributed by atoms with Crippen LogP contribution in [-0.2, 0) is 0 Å². The van der Waals surface area contributed by atoms with Crippen molar-refractivity contribution in [3.63, 3.8) is 0 Å². The summed E-state index contributed by atoms with van der Waals surface area (Å²) in [5, 5.41) is 3.74. The minimum atomic E-state index is 0.291. The zero-order valence-electron chi connectivity index (χ0n) is 13.1. The molecule has 0 bridgehead atoms. The first-order valence-electron chi connectivity index (χ1n) is 7.86. The molecule has 1 fully saturated rings. The van der Waals surface area contributed by atoms with Gasteiger partial charge in [0.15, 0.2) is 0 Å². The zero-order chi connectivity index (χ0) is 14.4. The van der Waals surface area contributed by atoms with E-state index in [2.05, 4.69) is 31.0 Å². The number of nitrogens with one attached hydrogen (secondary N) is 1. The summed E-state index contributed by atoms with van der Waals surface area (Å²) in [6, 6.07) is 10.7. The molecule has 1 aromatic carbocycles. The minimum absolute atomic E-state index is 0.291. The highest BCUT2D eigenvalue weighted by atomic mass is 16.5. The van der Waals surface area contributed by atoms with E-state index in [9.17, 15) is 0 Å². The Morgan fingerprint density at radius 1 is 1.25 bits per heavy atom. The van der Waals surface area contributed by atoms with Gasteiger partial charge in [0.25, 0.3) is 0 Å². The van der Waals surface area contributed by atoms with E-state index in [1.165, 1.54) is 12.8 Å². The van der Waals surface area contributed by atoms with Gasteiger partial charge in [-0.1, -0.05) is 32.0 Å². The van der Waals surface area contributed by atoms with E-state index in [0.717, 1.165) is 32.0 Å². The number of hydrogen-bond donors (Lipinski definition) is 1. The number of ether oxygens (including phenoxy) is 1. The maximum absolute atomic E-state index is 5.83. The van der Waals surface area contributed by atoms with Crippen molar-refractivity contribution < 1.29 is 4.74 Å². The predicted molar refractivity (Wildman–Crippen MR) is 84.3 cm³/mol. The van der Waals surface area contributed by atoms with E-state index in [1.54, 1.807) is 0 Å². The molecular weight excluding hydrogens is 248 g/mol. The second-order valence-electron chi connectivity index (χ2n) is 5.85. The molecule has 1 aromatic rings. The van der Waals surface area contributed by atoms with Gasteiger partial charge >= 0.3 is 0 Å². The Hall–Kier alpha value is -1.06. The SMILES string of the molecule is CCC1(CC)CN(CCOc2ccccc2)C(C)CN1. The van der Waals surface area contributed by atoms with Crippen molar-refractivity contribution in [1.82, 2.24) is 10.2 Å². The van der Waals surface area contributed by atoms with Crippen molar-refractivity contribution in [2.75, 3.05) is 26.2 Å². The molecular formula is C17H28N2O. The first kappa shape index (κ1) is 15.3. The quantitative estimate of drug-likeness (QED) is 0.864. The number of para-hydroxylation sites is 1. The molecule has 1 N–H and O–H groups in total. The van der Waals surface area contributed by atoms with Crippen LogP contribution in [0.4, 0.5) is 0 Å². The van der Waals surface area contributed by atoms with Gasteiger partial charge in [0.1, 0.15) is 12.4 Å². The summed E-state index contributed by atoms with van der Waals surface area (Å²) in [5.74, 6) is 0.965. The van der Waals surface area contributed by atoms with Crippen LogP contribution in [0.1, 0.15) is 33.6 Å². The lowest BCUT2D eigenvalue weighted by Crippen LogP contribution is -2.63. The smallest absolute Gasteiger partial charge is 0.119 e.